The van der Waals surface area contributed by atoms with Crippen molar-refractivity contribution >= 4 is 34.9 Å². The van der Waals surface area contributed by atoms with Gasteiger partial charge < -0.3 is 29.4 Å². The first-order valence-electron chi connectivity index (χ1n) is 11.6. The van der Waals surface area contributed by atoms with Gasteiger partial charge in [0, 0.05) is 56.6 Å². The van der Waals surface area contributed by atoms with E-state index in [-0.39, 0.29) is 17.2 Å². The molecule has 194 valence electrons. The van der Waals surface area contributed by atoms with E-state index in [0.29, 0.717) is 66.6 Å². The van der Waals surface area contributed by atoms with E-state index in [0.717, 1.165) is 0 Å². The number of carbonyl (C=O) groups is 2. The van der Waals surface area contributed by atoms with Crippen LogP contribution in [-0.2, 0) is 6.42 Å². The van der Waals surface area contributed by atoms with Crippen LogP contribution in [0.1, 0.15) is 32.9 Å². The third kappa shape index (κ3) is 5.37. The molecule has 1 saturated heterocycles. The minimum absolute atomic E-state index is 0.143. The fourth-order valence-electron chi connectivity index (χ4n) is 4.40. The number of fused-ring (bicyclic) bond motifs is 1. The lowest BCUT2D eigenvalue weighted by molar-refractivity contribution is -0.0964. The zero-order valence-corrected chi connectivity index (χ0v) is 20.5. The molecule has 2 N–H and O–H groups in total. The average Bonchev–Trinajstić information content (AvgIpc) is 3.48. The highest BCUT2D eigenvalue weighted by Gasteiger charge is 2.30. The molecule has 0 aliphatic carbocycles. The number of benzene rings is 1. The molecule has 0 bridgehead atoms. The Morgan fingerprint density at radius 3 is 2.68 bits per heavy atom. The summed E-state index contributed by atoms with van der Waals surface area (Å²) < 4.78 is 36.0. The van der Waals surface area contributed by atoms with Crippen molar-refractivity contribution in [2.75, 3.05) is 36.9 Å². The third-order valence-electron chi connectivity index (χ3n) is 6.26. The van der Waals surface area contributed by atoms with Crippen molar-refractivity contribution in [1.82, 2.24) is 9.88 Å². The molecule has 9 nitrogen and oxygen atoms in total. The normalized spacial score (nSPS) is 17.6. The largest absolute Gasteiger partial charge is 0.487 e. The highest BCUT2D eigenvalue weighted by Crippen LogP contribution is 2.36. The summed E-state index contributed by atoms with van der Waals surface area (Å²) in [4.78, 5) is 33.7. The second-order valence-electron chi connectivity index (χ2n) is 8.93. The van der Waals surface area contributed by atoms with Gasteiger partial charge >= 0.3 is 5.57 Å². The highest BCUT2D eigenvalue weighted by molar-refractivity contribution is 6.20. The number of anilines is 2. The maximum Gasteiger partial charge on any atom is 0.487 e. The lowest BCUT2D eigenvalue weighted by atomic mass is 10.1. The Labute approximate surface area is 215 Å². The van der Waals surface area contributed by atoms with Crippen molar-refractivity contribution in [3.05, 3.63) is 59.5 Å². The summed E-state index contributed by atoms with van der Waals surface area (Å²) >= 11 is 4.78. The number of hydrogen-bond donors (Lipinski definition) is 2. The van der Waals surface area contributed by atoms with Gasteiger partial charge in [-0.2, -0.15) is 0 Å². The van der Waals surface area contributed by atoms with Gasteiger partial charge in [-0.15, -0.1) is 8.78 Å². The molecule has 3 aromatic rings. The van der Waals surface area contributed by atoms with E-state index in [9.17, 15) is 23.5 Å². The van der Waals surface area contributed by atoms with Crippen LogP contribution in [0.4, 0.5) is 20.3 Å². The molecule has 0 unspecified atom stereocenters. The number of alkyl halides is 3. The lowest BCUT2D eigenvalue weighted by Gasteiger charge is -2.20. The van der Waals surface area contributed by atoms with Gasteiger partial charge in [-0.3, -0.25) is 9.59 Å². The number of rotatable bonds is 6. The minimum atomic E-state index is -3.84. The molecule has 37 heavy (non-hydrogen) atoms. The number of aliphatic hydroxyl groups excluding tert-OH is 1. The smallest absolute Gasteiger partial charge is 0.460 e. The lowest BCUT2D eigenvalue weighted by Crippen LogP contribution is -2.33. The van der Waals surface area contributed by atoms with Crippen molar-refractivity contribution < 1.29 is 32.6 Å². The number of amides is 2. The summed E-state index contributed by atoms with van der Waals surface area (Å²) in [5, 5.41) is 12.7. The predicted octanol–water partition coefficient (Wildman–Crippen LogP) is 3.96. The van der Waals surface area contributed by atoms with Crippen molar-refractivity contribution in [3.8, 4) is 17.1 Å². The van der Waals surface area contributed by atoms with E-state index in [1.165, 1.54) is 30.5 Å². The maximum atomic E-state index is 13.0. The zero-order valence-electron chi connectivity index (χ0n) is 19.7. The molecule has 2 amide bonds. The molecule has 2 aliphatic heterocycles. The van der Waals surface area contributed by atoms with Crippen molar-refractivity contribution in [3.63, 3.8) is 0 Å². The number of hydrogen-bond acceptors (Lipinski definition) is 7. The minimum Gasteiger partial charge on any atom is -0.460 e. The molecule has 1 aromatic carbocycles. The van der Waals surface area contributed by atoms with Gasteiger partial charge in [-0.05, 0) is 42.8 Å². The SMILES string of the molecule is CN1CCc2oc(-c3cc(C(=O)Nc4ccc(OC(F)(F)Cl)cc4)cnc3N3CC[C@H](O)C3)cc2C1=O. The summed E-state index contributed by atoms with van der Waals surface area (Å²) in [5.41, 5.74) is -2.31. The number of likely N-dealkylation sites (N-methyl/N-ethyl adjacent to an activating group) is 1. The monoisotopic (exact) mass is 532 g/mol. The van der Waals surface area contributed by atoms with Gasteiger partial charge in [0.25, 0.3) is 11.8 Å². The number of ether oxygens (including phenoxy) is 1. The summed E-state index contributed by atoms with van der Waals surface area (Å²) in [6.45, 7) is 1.49. The number of β-amino-alcohol motifs (C(OH)–C–C–N with tert-alkyl or cyclic N) is 1. The second kappa shape index (κ2) is 9.64. The third-order valence-corrected chi connectivity index (χ3v) is 6.34. The van der Waals surface area contributed by atoms with E-state index in [4.69, 9.17) is 16.0 Å². The Hall–Kier alpha value is -3.70. The summed E-state index contributed by atoms with van der Waals surface area (Å²) in [6.07, 6.45) is 2.06. The molecule has 2 aliphatic rings. The molecule has 1 atom stereocenters. The Balaban J connectivity index is 1.44. The number of aromatic nitrogens is 1. The van der Waals surface area contributed by atoms with Crippen LogP contribution < -0.4 is 15.0 Å². The van der Waals surface area contributed by atoms with E-state index in [1.54, 1.807) is 24.1 Å². The standard InChI is InChI=1S/C25H23ClF2N4O5/c1-31-8-7-20-19(24(31)35)11-21(36-20)18-10-14(12-29-22(18)32-9-6-16(33)13-32)23(34)30-15-2-4-17(5-3-15)37-25(26,27)28/h2-5,10-12,16,33H,6-9,13H2,1H3,(H,30,34)/t16-/m0/s1. The number of carbonyl (C=O) groups excluding carboxylic acids is 2. The fourth-order valence-corrected chi connectivity index (χ4v) is 4.49. The Bertz CT molecular complexity index is 1340. The molecule has 5 rings (SSSR count). The maximum absolute atomic E-state index is 13.0. The van der Waals surface area contributed by atoms with Crippen LogP contribution in [0, 0.1) is 0 Å². The van der Waals surface area contributed by atoms with E-state index in [1.807, 2.05) is 4.90 Å². The molecule has 0 spiro atoms. The summed E-state index contributed by atoms with van der Waals surface area (Å²) in [7, 11) is 1.72. The molecule has 0 saturated carbocycles. The predicted molar refractivity (Wildman–Crippen MR) is 131 cm³/mol. The molecule has 1 fully saturated rings. The second-order valence-corrected chi connectivity index (χ2v) is 9.37. The summed E-state index contributed by atoms with van der Waals surface area (Å²) in [6, 6.07) is 8.57. The van der Waals surface area contributed by atoms with Gasteiger partial charge in [-0.1, -0.05) is 0 Å². The van der Waals surface area contributed by atoms with Crippen molar-refractivity contribution in [2.45, 2.75) is 24.5 Å². The zero-order chi connectivity index (χ0) is 26.3. The average molecular weight is 533 g/mol. The van der Waals surface area contributed by atoms with E-state index < -0.39 is 17.6 Å². The van der Waals surface area contributed by atoms with Gasteiger partial charge in [0.15, 0.2) is 0 Å². The highest BCUT2D eigenvalue weighted by atomic mass is 35.5. The van der Waals surface area contributed by atoms with Crippen LogP contribution in [0.2, 0.25) is 0 Å². The van der Waals surface area contributed by atoms with Crippen LogP contribution in [-0.4, -0.2) is 65.2 Å². The van der Waals surface area contributed by atoms with Crippen molar-refractivity contribution in [1.29, 1.82) is 0 Å². The Kier molecular flexibility index (Phi) is 6.50. The molecular weight excluding hydrogens is 510 g/mol. The number of aliphatic hydroxyl groups is 1. The molecule has 12 heteroatoms. The van der Waals surface area contributed by atoms with Gasteiger partial charge in [0.2, 0.25) is 0 Å². The van der Waals surface area contributed by atoms with Crippen LogP contribution in [0.15, 0.2) is 47.0 Å². The number of nitrogens with zero attached hydrogens (tertiary/aromatic N) is 3. The first-order valence-corrected chi connectivity index (χ1v) is 11.9. The molecule has 0 radical (unpaired) electrons. The first kappa shape index (κ1) is 25.0. The molecule has 2 aromatic heterocycles. The Morgan fingerprint density at radius 2 is 2.00 bits per heavy atom. The first-order chi connectivity index (χ1) is 17.6. The number of nitrogens with one attached hydrogen (secondary N) is 1. The van der Waals surface area contributed by atoms with Crippen LogP contribution in [0.3, 0.4) is 0 Å². The van der Waals surface area contributed by atoms with Crippen LogP contribution in [0.25, 0.3) is 11.3 Å². The topological polar surface area (TPSA) is 108 Å². The number of halogens is 3. The molecule has 4 heterocycles. The van der Waals surface area contributed by atoms with E-state index >= 15 is 0 Å². The molecular formula is C25H23ClF2N4O5. The van der Waals surface area contributed by atoms with Crippen molar-refractivity contribution in [2.24, 2.45) is 0 Å². The summed E-state index contributed by atoms with van der Waals surface area (Å²) in [5.74, 6) is 0.700. The Morgan fingerprint density at radius 1 is 1.24 bits per heavy atom. The number of furan rings is 1. The van der Waals surface area contributed by atoms with Gasteiger partial charge in [-0.25, -0.2) is 4.98 Å². The number of pyridine rings is 1. The quantitative estimate of drug-likeness (QED) is 0.463. The van der Waals surface area contributed by atoms with Gasteiger partial charge in [0.05, 0.1) is 22.8 Å². The van der Waals surface area contributed by atoms with Gasteiger partial charge in [0.1, 0.15) is 23.1 Å². The van der Waals surface area contributed by atoms with Crippen LogP contribution >= 0.6 is 11.6 Å². The fraction of sp³-hybridized carbons (Fsp3) is 0.320. The van der Waals surface area contributed by atoms with E-state index in [2.05, 4.69) is 15.0 Å². The van der Waals surface area contributed by atoms with Crippen LogP contribution in [0.5, 0.6) is 5.75 Å².